The number of nitrogens with two attached hydrogens (primary N) is 1. The van der Waals surface area contributed by atoms with Gasteiger partial charge in [-0.25, -0.2) is 9.66 Å². The van der Waals surface area contributed by atoms with E-state index in [0.29, 0.717) is 16.6 Å². The number of carbonyl (C=O) groups excluding carboxylic acids is 1. The van der Waals surface area contributed by atoms with E-state index in [4.69, 9.17) is 10.6 Å². The van der Waals surface area contributed by atoms with Gasteiger partial charge in [-0.15, -0.1) is 0 Å². The standard InChI is InChI=1S/C25H24N4O2S/c1-17-13-14-22(31-2)20(15-17)27-24(30)23(19-11-7-4-8-12-19)32-25-28-21(16-29(25)26)18-9-5-3-6-10-18/h3-16,23H,26H2,1-2H3,(H,27,30). The maximum Gasteiger partial charge on any atom is 0.242 e. The number of nitrogens with one attached hydrogen (secondary N) is 1. The summed E-state index contributed by atoms with van der Waals surface area (Å²) in [5.41, 5.74) is 4.22. The van der Waals surface area contributed by atoms with Crippen molar-refractivity contribution in [3.8, 4) is 17.0 Å². The maximum absolute atomic E-state index is 13.4. The van der Waals surface area contributed by atoms with Gasteiger partial charge in [-0.1, -0.05) is 78.5 Å². The quantitative estimate of drug-likeness (QED) is 0.308. The van der Waals surface area contributed by atoms with Gasteiger partial charge in [-0.05, 0) is 30.2 Å². The summed E-state index contributed by atoms with van der Waals surface area (Å²) in [5, 5.41) is 3.00. The fourth-order valence-electron chi connectivity index (χ4n) is 3.34. The molecule has 0 aliphatic rings. The minimum absolute atomic E-state index is 0.186. The number of aryl methyl sites for hydroxylation is 1. The van der Waals surface area contributed by atoms with E-state index in [1.807, 2.05) is 85.8 Å². The number of hydrogen-bond donors (Lipinski definition) is 2. The molecule has 3 N–H and O–H groups in total. The van der Waals surface area contributed by atoms with Gasteiger partial charge in [0.15, 0.2) is 5.16 Å². The first-order valence-electron chi connectivity index (χ1n) is 10.1. The maximum atomic E-state index is 13.4. The van der Waals surface area contributed by atoms with Crippen LogP contribution in [0.25, 0.3) is 11.3 Å². The van der Waals surface area contributed by atoms with Crippen LogP contribution in [-0.4, -0.2) is 22.7 Å². The molecule has 1 atom stereocenters. The van der Waals surface area contributed by atoms with Gasteiger partial charge in [0, 0.05) is 5.56 Å². The van der Waals surface area contributed by atoms with Crippen molar-refractivity contribution in [2.45, 2.75) is 17.3 Å². The van der Waals surface area contributed by atoms with Gasteiger partial charge >= 0.3 is 0 Å². The van der Waals surface area contributed by atoms with Crippen LogP contribution in [0.15, 0.2) is 90.2 Å². The third-order valence-electron chi connectivity index (χ3n) is 4.94. The Morgan fingerprint density at radius 3 is 2.44 bits per heavy atom. The molecule has 32 heavy (non-hydrogen) atoms. The van der Waals surface area contributed by atoms with E-state index in [9.17, 15) is 4.79 Å². The van der Waals surface area contributed by atoms with Crippen molar-refractivity contribution in [3.63, 3.8) is 0 Å². The fraction of sp³-hybridized carbons (Fsp3) is 0.120. The number of anilines is 1. The second-order valence-electron chi connectivity index (χ2n) is 7.28. The number of carbonyl (C=O) groups is 1. The van der Waals surface area contributed by atoms with Crippen LogP contribution in [0.5, 0.6) is 5.75 Å². The number of aromatic nitrogens is 2. The van der Waals surface area contributed by atoms with E-state index in [1.165, 1.54) is 16.4 Å². The molecule has 0 fully saturated rings. The number of ether oxygens (including phenoxy) is 1. The number of benzene rings is 3. The van der Waals surface area contributed by atoms with Crippen LogP contribution in [-0.2, 0) is 4.79 Å². The van der Waals surface area contributed by atoms with Crippen LogP contribution in [0.1, 0.15) is 16.4 Å². The highest BCUT2D eigenvalue weighted by Crippen LogP contribution is 2.37. The van der Waals surface area contributed by atoms with Crippen LogP contribution in [0, 0.1) is 6.92 Å². The summed E-state index contributed by atoms with van der Waals surface area (Å²) in [5.74, 6) is 6.62. The molecule has 0 radical (unpaired) electrons. The Morgan fingerprint density at radius 1 is 1.06 bits per heavy atom. The molecule has 1 unspecified atom stereocenters. The Balaban J connectivity index is 1.65. The van der Waals surface area contributed by atoms with Gasteiger partial charge in [-0.2, -0.15) is 0 Å². The molecule has 4 aromatic rings. The number of imidazole rings is 1. The van der Waals surface area contributed by atoms with Gasteiger partial charge in [0.25, 0.3) is 0 Å². The van der Waals surface area contributed by atoms with Crippen LogP contribution in [0.2, 0.25) is 0 Å². The Hall–Kier alpha value is -3.71. The van der Waals surface area contributed by atoms with E-state index >= 15 is 0 Å². The number of nitrogen functional groups attached to an aromatic ring is 1. The number of thioether (sulfide) groups is 1. The highest BCUT2D eigenvalue weighted by atomic mass is 32.2. The third kappa shape index (κ3) is 4.78. The first kappa shape index (κ1) is 21.5. The second kappa shape index (κ2) is 9.62. The molecular weight excluding hydrogens is 420 g/mol. The number of amides is 1. The van der Waals surface area contributed by atoms with Gasteiger partial charge < -0.3 is 15.9 Å². The highest BCUT2D eigenvalue weighted by molar-refractivity contribution is 8.00. The Labute approximate surface area is 191 Å². The summed E-state index contributed by atoms with van der Waals surface area (Å²) < 4.78 is 6.88. The first-order chi connectivity index (χ1) is 15.5. The van der Waals surface area contributed by atoms with Crippen molar-refractivity contribution >= 4 is 23.4 Å². The summed E-state index contributed by atoms with van der Waals surface area (Å²) in [6.45, 7) is 1.97. The lowest BCUT2D eigenvalue weighted by Crippen LogP contribution is -2.20. The van der Waals surface area contributed by atoms with E-state index in [-0.39, 0.29) is 5.91 Å². The predicted molar refractivity (Wildman–Crippen MR) is 129 cm³/mol. The fourth-order valence-corrected chi connectivity index (χ4v) is 4.33. The zero-order valence-electron chi connectivity index (χ0n) is 17.9. The lowest BCUT2D eigenvalue weighted by atomic mass is 10.1. The van der Waals surface area contributed by atoms with Crippen molar-refractivity contribution in [3.05, 3.63) is 96.2 Å². The molecule has 4 rings (SSSR count). The molecule has 3 aromatic carbocycles. The number of nitrogens with zero attached hydrogens (tertiary/aromatic N) is 2. The molecule has 6 nitrogen and oxygen atoms in total. The smallest absolute Gasteiger partial charge is 0.242 e. The summed E-state index contributed by atoms with van der Waals surface area (Å²) in [6.07, 6.45) is 1.77. The average Bonchev–Trinajstić information content (AvgIpc) is 3.19. The number of rotatable bonds is 7. The van der Waals surface area contributed by atoms with Gasteiger partial charge in [0.2, 0.25) is 5.91 Å². The van der Waals surface area contributed by atoms with Crippen molar-refractivity contribution < 1.29 is 9.53 Å². The highest BCUT2D eigenvalue weighted by Gasteiger charge is 2.25. The summed E-state index contributed by atoms with van der Waals surface area (Å²) in [6, 6.07) is 25.1. The molecule has 0 saturated carbocycles. The first-order valence-corrected chi connectivity index (χ1v) is 11.0. The molecule has 0 saturated heterocycles. The van der Waals surface area contributed by atoms with Crippen molar-refractivity contribution in [1.29, 1.82) is 0 Å². The Kier molecular flexibility index (Phi) is 6.47. The molecular formula is C25H24N4O2S. The van der Waals surface area contributed by atoms with E-state index in [0.717, 1.165) is 22.4 Å². The Bertz CT molecular complexity index is 1210. The van der Waals surface area contributed by atoms with E-state index in [1.54, 1.807) is 13.3 Å². The molecule has 1 amide bonds. The average molecular weight is 445 g/mol. The lowest BCUT2D eigenvalue weighted by Gasteiger charge is -2.18. The van der Waals surface area contributed by atoms with Crippen LogP contribution in [0.3, 0.4) is 0 Å². The van der Waals surface area contributed by atoms with Crippen LogP contribution < -0.4 is 15.9 Å². The van der Waals surface area contributed by atoms with Crippen molar-refractivity contribution in [1.82, 2.24) is 9.66 Å². The molecule has 0 aliphatic heterocycles. The summed E-state index contributed by atoms with van der Waals surface area (Å²) in [7, 11) is 1.58. The SMILES string of the molecule is COc1ccc(C)cc1NC(=O)C(Sc1nc(-c2ccccc2)cn1N)c1ccccc1. The third-order valence-corrected chi connectivity index (χ3v) is 6.18. The van der Waals surface area contributed by atoms with Crippen LogP contribution in [0.4, 0.5) is 5.69 Å². The van der Waals surface area contributed by atoms with Gasteiger partial charge in [0.05, 0.1) is 24.7 Å². The molecule has 7 heteroatoms. The monoisotopic (exact) mass is 444 g/mol. The van der Waals surface area contributed by atoms with Gasteiger partial charge in [-0.3, -0.25) is 4.79 Å². The van der Waals surface area contributed by atoms with Gasteiger partial charge in [0.1, 0.15) is 11.0 Å². The zero-order valence-corrected chi connectivity index (χ0v) is 18.7. The van der Waals surface area contributed by atoms with E-state index < -0.39 is 5.25 Å². The van der Waals surface area contributed by atoms with Crippen molar-refractivity contribution in [2.24, 2.45) is 0 Å². The molecule has 0 spiro atoms. The minimum atomic E-state index is -0.560. The Morgan fingerprint density at radius 2 is 1.75 bits per heavy atom. The van der Waals surface area contributed by atoms with Crippen molar-refractivity contribution in [2.75, 3.05) is 18.3 Å². The number of hydrogen-bond acceptors (Lipinski definition) is 5. The summed E-state index contributed by atoms with van der Waals surface area (Å²) in [4.78, 5) is 18.1. The zero-order chi connectivity index (χ0) is 22.5. The predicted octanol–water partition coefficient (Wildman–Crippen LogP) is 5.05. The molecule has 0 bridgehead atoms. The summed E-state index contributed by atoms with van der Waals surface area (Å²) >= 11 is 1.30. The largest absolute Gasteiger partial charge is 0.495 e. The topological polar surface area (TPSA) is 82.2 Å². The molecule has 1 aromatic heterocycles. The molecule has 162 valence electrons. The molecule has 0 aliphatic carbocycles. The normalized spacial score (nSPS) is 11.7. The number of methoxy groups -OCH3 is 1. The van der Waals surface area contributed by atoms with Crippen LogP contribution >= 0.6 is 11.8 Å². The lowest BCUT2D eigenvalue weighted by molar-refractivity contribution is -0.115. The second-order valence-corrected chi connectivity index (χ2v) is 8.36. The van der Waals surface area contributed by atoms with E-state index in [2.05, 4.69) is 10.3 Å². The molecule has 1 heterocycles. The minimum Gasteiger partial charge on any atom is -0.495 e.